The van der Waals surface area contributed by atoms with Crippen LogP contribution in [0.4, 0.5) is 0 Å². The van der Waals surface area contributed by atoms with Crippen molar-refractivity contribution in [2.24, 2.45) is 0 Å². The third-order valence-electron chi connectivity index (χ3n) is 4.09. The molecule has 0 amide bonds. The van der Waals surface area contributed by atoms with Gasteiger partial charge in [-0.3, -0.25) is 4.98 Å². The lowest BCUT2D eigenvalue weighted by Crippen LogP contribution is -2.12. The molecule has 1 N–H and O–H groups in total. The Morgan fingerprint density at radius 2 is 2.00 bits per heavy atom. The summed E-state index contributed by atoms with van der Waals surface area (Å²) in [5, 5.41) is 10.2. The molecular weight excluding hydrogens is 246 g/mol. The van der Waals surface area contributed by atoms with E-state index < -0.39 is 0 Å². The van der Waals surface area contributed by atoms with Crippen molar-refractivity contribution in [2.45, 2.75) is 44.6 Å². The Hall–Kier alpha value is -1.67. The van der Waals surface area contributed by atoms with E-state index in [9.17, 15) is 5.11 Å². The molecule has 1 atom stereocenters. The number of hydrogen-bond acceptors (Lipinski definition) is 2. The highest BCUT2D eigenvalue weighted by molar-refractivity contribution is 5.35. The van der Waals surface area contributed by atoms with E-state index in [2.05, 4.69) is 23.2 Å². The first kappa shape index (κ1) is 13.3. The second-order valence-electron chi connectivity index (χ2n) is 5.67. The molecule has 0 fully saturated rings. The number of hydrogen-bond donors (Lipinski definition) is 1. The maximum Gasteiger partial charge on any atom is 0.0584 e. The number of benzene rings is 1. The van der Waals surface area contributed by atoms with Crippen LogP contribution in [-0.4, -0.2) is 16.2 Å². The predicted molar refractivity (Wildman–Crippen MR) is 80.7 cm³/mol. The zero-order valence-corrected chi connectivity index (χ0v) is 11.8. The van der Waals surface area contributed by atoms with E-state index in [0.717, 1.165) is 25.0 Å². The van der Waals surface area contributed by atoms with Gasteiger partial charge in [0.1, 0.15) is 0 Å². The first-order valence-electron chi connectivity index (χ1n) is 7.50. The molecule has 2 aromatic rings. The van der Waals surface area contributed by atoms with Gasteiger partial charge in [0.15, 0.2) is 0 Å². The van der Waals surface area contributed by atoms with Crippen LogP contribution in [0.5, 0.6) is 0 Å². The molecule has 0 bridgehead atoms. The van der Waals surface area contributed by atoms with E-state index in [4.69, 9.17) is 0 Å². The van der Waals surface area contributed by atoms with Crippen molar-refractivity contribution in [3.63, 3.8) is 0 Å². The summed E-state index contributed by atoms with van der Waals surface area (Å²) in [6.45, 7) is 0. The summed E-state index contributed by atoms with van der Waals surface area (Å²) < 4.78 is 0. The number of nitrogens with zero attached hydrogens (tertiary/aromatic N) is 1. The SMILES string of the molecule is OC(CCc1ccccn1)Cc1ccc2c(c1)CCC2. The molecule has 104 valence electrons. The summed E-state index contributed by atoms with van der Waals surface area (Å²) in [5.41, 5.74) is 5.30. The molecule has 1 aliphatic carbocycles. The van der Waals surface area contributed by atoms with Gasteiger partial charge >= 0.3 is 0 Å². The molecule has 0 saturated heterocycles. The zero-order valence-electron chi connectivity index (χ0n) is 11.8. The summed E-state index contributed by atoms with van der Waals surface area (Å²) in [6.07, 6.45) is 7.59. The van der Waals surface area contributed by atoms with E-state index in [1.165, 1.54) is 36.0 Å². The van der Waals surface area contributed by atoms with Crippen molar-refractivity contribution in [3.8, 4) is 0 Å². The third kappa shape index (κ3) is 3.26. The molecule has 1 heterocycles. The van der Waals surface area contributed by atoms with Crippen molar-refractivity contribution < 1.29 is 5.11 Å². The number of aromatic nitrogens is 1. The fourth-order valence-electron chi connectivity index (χ4n) is 2.99. The third-order valence-corrected chi connectivity index (χ3v) is 4.09. The summed E-state index contributed by atoms with van der Waals surface area (Å²) in [5.74, 6) is 0. The maximum absolute atomic E-state index is 10.2. The first-order chi connectivity index (χ1) is 9.81. The number of aliphatic hydroxyl groups excluding tert-OH is 1. The molecule has 1 aromatic carbocycles. The van der Waals surface area contributed by atoms with Crippen LogP contribution in [0.2, 0.25) is 0 Å². The van der Waals surface area contributed by atoms with Crippen LogP contribution in [0.15, 0.2) is 42.6 Å². The van der Waals surface area contributed by atoms with E-state index in [1.807, 2.05) is 24.4 Å². The van der Waals surface area contributed by atoms with Crippen molar-refractivity contribution in [1.82, 2.24) is 4.98 Å². The van der Waals surface area contributed by atoms with E-state index in [0.29, 0.717) is 0 Å². The highest BCUT2D eigenvalue weighted by Crippen LogP contribution is 2.23. The summed E-state index contributed by atoms with van der Waals surface area (Å²) in [7, 11) is 0. The Bertz CT molecular complexity index is 565. The monoisotopic (exact) mass is 267 g/mol. The van der Waals surface area contributed by atoms with Crippen LogP contribution >= 0.6 is 0 Å². The molecule has 0 spiro atoms. The lowest BCUT2D eigenvalue weighted by atomic mass is 9.99. The average molecular weight is 267 g/mol. The van der Waals surface area contributed by atoms with Crippen LogP contribution in [-0.2, 0) is 25.7 Å². The number of rotatable bonds is 5. The van der Waals surface area contributed by atoms with Gasteiger partial charge in [-0.05, 0) is 67.3 Å². The Balaban J connectivity index is 1.55. The van der Waals surface area contributed by atoms with Crippen LogP contribution < -0.4 is 0 Å². The van der Waals surface area contributed by atoms with Crippen LogP contribution in [0.25, 0.3) is 0 Å². The fraction of sp³-hybridized carbons (Fsp3) is 0.389. The molecule has 0 radical (unpaired) electrons. The highest BCUT2D eigenvalue weighted by Gasteiger charge is 2.12. The Morgan fingerprint density at radius 1 is 1.10 bits per heavy atom. The minimum Gasteiger partial charge on any atom is -0.393 e. The fourth-order valence-corrected chi connectivity index (χ4v) is 2.99. The van der Waals surface area contributed by atoms with Gasteiger partial charge in [-0.25, -0.2) is 0 Å². The predicted octanol–water partition coefficient (Wildman–Crippen LogP) is 3.11. The van der Waals surface area contributed by atoms with Gasteiger partial charge in [-0.1, -0.05) is 24.3 Å². The van der Waals surface area contributed by atoms with Gasteiger partial charge in [0.2, 0.25) is 0 Å². The Kier molecular flexibility index (Phi) is 4.12. The second kappa shape index (κ2) is 6.19. The maximum atomic E-state index is 10.2. The van der Waals surface area contributed by atoms with E-state index >= 15 is 0 Å². The quantitative estimate of drug-likeness (QED) is 0.903. The van der Waals surface area contributed by atoms with Gasteiger partial charge in [0.05, 0.1) is 6.10 Å². The first-order valence-corrected chi connectivity index (χ1v) is 7.50. The summed E-state index contributed by atoms with van der Waals surface area (Å²) in [6, 6.07) is 12.6. The number of pyridine rings is 1. The molecule has 0 saturated carbocycles. The lowest BCUT2D eigenvalue weighted by Gasteiger charge is -2.11. The lowest BCUT2D eigenvalue weighted by molar-refractivity contribution is 0.165. The van der Waals surface area contributed by atoms with Crippen molar-refractivity contribution in [1.29, 1.82) is 0 Å². The normalized spacial score (nSPS) is 15.1. The topological polar surface area (TPSA) is 33.1 Å². The number of aryl methyl sites for hydroxylation is 3. The largest absolute Gasteiger partial charge is 0.393 e. The molecular formula is C18H21NO. The van der Waals surface area contributed by atoms with Gasteiger partial charge in [0, 0.05) is 11.9 Å². The van der Waals surface area contributed by atoms with Gasteiger partial charge in [-0.15, -0.1) is 0 Å². The Morgan fingerprint density at radius 3 is 2.85 bits per heavy atom. The molecule has 1 aromatic heterocycles. The molecule has 0 aliphatic heterocycles. The number of fused-ring (bicyclic) bond motifs is 1. The standard InChI is InChI=1S/C18H21NO/c20-18(10-9-17-6-1-2-11-19-17)13-14-7-8-15-4-3-5-16(15)12-14/h1-2,6-8,11-12,18,20H,3-5,9-10,13H2. The smallest absolute Gasteiger partial charge is 0.0584 e. The molecule has 1 unspecified atom stereocenters. The molecule has 1 aliphatic rings. The molecule has 2 nitrogen and oxygen atoms in total. The zero-order chi connectivity index (χ0) is 13.8. The second-order valence-corrected chi connectivity index (χ2v) is 5.67. The van der Waals surface area contributed by atoms with E-state index in [-0.39, 0.29) is 6.10 Å². The van der Waals surface area contributed by atoms with E-state index in [1.54, 1.807) is 0 Å². The van der Waals surface area contributed by atoms with Crippen LogP contribution in [0, 0.1) is 0 Å². The molecule has 3 rings (SSSR count). The molecule has 20 heavy (non-hydrogen) atoms. The van der Waals surface area contributed by atoms with Crippen molar-refractivity contribution in [3.05, 3.63) is 65.0 Å². The van der Waals surface area contributed by atoms with Gasteiger partial charge < -0.3 is 5.11 Å². The van der Waals surface area contributed by atoms with Gasteiger partial charge in [0.25, 0.3) is 0 Å². The van der Waals surface area contributed by atoms with Crippen LogP contribution in [0.3, 0.4) is 0 Å². The molecule has 2 heteroatoms. The highest BCUT2D eigenvalue weighted by atomic mass is 16.3. The van der Waals surface area contributed by atoms with Gasteiger partial charge in [-0.2, -0.15) is 0 Å². The Labute approximate surface area is 120 Å². The number of aliphatic hydroxyl groups is 1. The van der Waals surface area contributed by atoms with Crippen molar-refractivity contribution in [2.75, 3.05) is 0 Å². The van der Waals surface area contributed by atoms with Crippen molar-refractivity contribution >= 4 is 0 Å². The summed E-state index contributed by atoms with van der Waals surface area (Å²) >= 11 is 0. The minimum atomic E-state index is -0.281. The summed E-state index contributed by atoms with van der Waals surface area (Å²) in [4.78, 5) is 4.29. The average Bonchev–Trinajstić information content (AvgIpc) is 2.94. The minimum absolute atomic E-state index is 0.281. The van der Waals surface area contributed by atoms with Crippen LogP contribution in [0.1, 0.15) is 35.2 Å².